The smallest absolute Gasteiger partial charge is 0.377 e. The molecule has 8 heteroatoms. The highest BCUT2D eigenvalue weighted by molar-refractivity contribution is 6.34. The van der Waals surface area contributed by atoms with Gasteiger partial charge in [0.25, 0.3) is 0 Å². The number of nitrogens with zero attached hydrogens (tertiary/aromatic N) is 1. The van der Waals surface area contributed by atoms with Gasteiger partial charge in [-0.1, -0.05) is 23.2 Å². The minimum absolute atomic E-state index is 0.0481. The molecule has 0 bridgehead atoms. The van der Waals surface area contributed by atoms with E-state index in [-0.39, 0.29) is 18.1 Å². The predicted molar refractivity (Wildman–Crippen MR) is 101 cm³/mol. The van der Waals surface area contributed by atoms with Gasteiger partial charge in [0.1, 0.15) is 19.5 Å². The molecule has 0 radical (unpaired) electrons. The molecule has 0 N–H and O–H groups in total. The van der Waals surface area contributed by atoms with Crippen LogP contribution in [-0.4, -0.2) is 36.1 Å². The summed E-state index contributed by atoms with van der Waals surface area (Å²) in [5, 5.41) is 0.990. The number of carbonyl (C=O) groups excluding carboxylic acids is 2. The van der Waals surface area contributed by atoms with Crippen molar-refractivity contribution in [3.63, 3.8) is 0 Å². The molecule has 2 aromatic rings. The van der Waals surface area contributed by atoms with Crippen LogP contribution in [0.4, 0.5) is 0 Å². The zero-order valence-electron chi connectivity index (χ0n) is 14.8. The van der Waals surface area contributed by atoms with Gasteiger partial charge in [-0.15, -0.1) is 0 Å². The summed E-state index contributed by atoms with van der Waals surface area (Å²) < 4.78 is 17.0. The van der Waals surface area contributed by atoms with Crippen molar-refractivity contribution in [3.05, 3.63) is 63.3 Å². The number of halogens is 2. The van der Waals surface area contributed by atoms with Crippen LogP contribution < -0.4 is 0 Å². The zero-order valence-corrected chi connectivity index (χ0v) is 16.3. The summed E-state index contributed by atoms with van der Waals surface area (Å²) in [6.07, 6.45) is 1.19. The third kappa shape index (κ3) is 4.28. The van der Waals surface area contributed by atoms with E-state index in [1.165, 1.54) is 6.26 Å². The molecule has 3 rings (SSSR count). The molecule has 0 aliphatic carbocycles. The first kappa shape index (κ1) is 19.3. The van der Waals surface area contributed by atoms with Gasteiger partial charge in [-0.05, 0) is 38.1 Å². The van der Waals surface area contributed by atoms with Crippen molar-refractivity contribution in [2.45, 2.75) is 13.8 Å². The Morgan fingerprint density at radius 2 is 1.81 bits per heavy atom. The van der Waals surface area contributed by atoms with Crippen LogP contribution in [0.15, 0.2) is 36.3 Å². The summed E-state index contributed by atoms with van der Waals surface area (Å²) in [6, 6.07) is 6.89. The molecule has 1 aromatic heterocycles. The lowest BCUT2D eigenvalue weighted by atomic mass is 10.1. The molecule has 0 saturated carbocycles. The fourth-order valence-electron chi connectivity index (χ4n) is 2.87. The van der Waals surface area contributed by atoms with Crippen molar-refractivity contribution in [2.24, 2.45) is 0 Å². The van der Waals surface area contributed by atoms with Crippen LogP contribution >= 0.6 is 23.2 Å². The number of ketones is 1. The van der Waals surface area contributed by atoms with E-state index in [0.29, 0.717) is 27.9 Å². The Balaban J connectivity index is 1.78. The van der Waals surface area contributed by atoms with E-state index in [4.69, 9.17) is 37.4 Å². The van der Waals surface area contributed by atoms with Crippen molar-refractivity contribution >= 4 is 35.0 Å². The van der Waals surface area contributed by atoms with Crippen LogP contribution in [-0.2, 0) is 19.0 Å². The molecule has 27 heavy (non-hydrogen) atoms. The largest absolute Gasteiger partial charge is 0.493 e. The first-order valence-corrected chi connectivity index (χ1v) is 8.92. The molecule has 6 nitrogen and oxygen atoms in total. The summed E-state index contributed by atoms with van der Waals surface area (Å²) in [5.41, 5.74) is 2.72. The van der Waals surface area contributed by atoms with Crippen LogP contribution in [0.5, 0.6) is 0 Å². The molecule has 2 heterocycles. The Hall–Kier alpha value is -2.44. The lowest BCUT2D eigenvalue weighted by Crippen LogP contribution is -2.20. The number of Topliss-reactive ketones (excluding diaryl/α,β-unsaturated/α-hetero) is 1. The van der Waals surface area contributed by atoms with E-state index in [0.717, 1.165) is 11.4 Å². The number of benzene rings is 1. The van der Waals surface area contributed by atoms with E-state index in [1.807, 2.05) is 11.5 Å². The summed E-state index contributed by atoms with van der Waals surface area (Å²) in [4.78, 5) is 24.5. The molecule has 1 aliphatic rings. The van der Waals surface area contributed by atoms with Gasteiger partial charge >= 0.3 is 5.97 Å². The summed E-state index contributed by atoms with van der Waals surface area (Å²) in [5.74, 6) is -1.11. The van der Waals surface area contributed by atoms with Gasteiger partial charge < -0.3 is 18.8 Å². The summed E-state index contributed by atoms with van der Waals surface area (Å²) in [7, 11) is 0. The van der Waals surface area contributed by atoms with E-state index < -0.39 is 12.6 Å². The van der Waals surface area contributed by atoms with Crippen LogP contribution in [0.1, 0.15) is 21.7 Å². The molecule has 0 spiro atoms. The van der Waals surface area contributed by atoms with Gasteiger partial charge in [-0.2, -0.15) is 0 Å². The van der Waals surface area contributed by atoms with Crippen molar-refractivity contribution in [2.75, 3.05) is 19.8 Å². The predicted octanol–water partition coefficient (Wildman–Crippen LogP) is 4.02. The topological polar surface area (TPSA) is 66.8 Å². The quantitative estimate of drug-likeness (QED) is 0.551. The average molecular weight is 410 g/mol. The minimum atomic E-state index is -0.738. The van der Waals surface area contributed by atoms with E-state index in [2.05, 4.69) is 0 Å². The second-order valence-corrected chi connectivity index (χ2v) is 6.82. The molecular weight excluding hydrogens is 393 g/mol. The number of rotatable bonds is 5. The molecular formula is C19H17Cl2NO5. The van der Waals surface area contributed by atoms with E-state index in [1.54, 1.807) is 31.2 Å². The number of aromatic nitrogens is 1. The third-order valence-electron chi connectivity index (χ3n) is 4.02. The Morgan fingerprint density at radius 3 is 2.44 bits per heavy atom. The zero-order chi connectivity index (χ0) is 19.6. The molecule has 0 fully saturated rings. The van der Waals surface area contributed by atoms with Gasteiger partial charge in [0.05, 0.1) is 0 Å². The fraction of sp³-hybridized carbons (Fsp3) is 0.263. The molecule has 0 atom stereocenters. The first-order valence-electron chi connectivity index (χ1n) is 8.17. The first-order chi connectivity index (χ1) is 12.9. The summed E-state index contributed by atoms with van der Waals surface area (Å²) in [6.45, 7) is 3.90. The number of carbonyl (C=O) groups is 2. The normalized spacial score (nSPS) is 13.4. The maximum atomic E-state index is 12.5. The Kier molecular flexibility index (Phi) is 5.77. The highest BCUT2D eigenvalue weighted by atomic mass is 35.5. The molecule has 142 valence electrons. The van der Waals surface area contributed by atoms with Gasteiger partial charge in [0, 0.05) is 32.7 Å². The number of esters is 1. The lowest BCUT2D eigenvalue weighted by Gasteiger charge is -2.14. The van der Waals surface area contributed by atoms with E-state index >= 15 is 0 Å². The molecule has 1 aliphatic heterocycles. The Labute approximate surface area is 166 Å². The molecule has 0 unspecified atom stereocenters. The average Bonchev–Trinajstić information content (AvgIpc) is 2.93. The number of hydrogen-bond acceptors (Lipinski definition) is 5. The number of aryl methyl sites for hydroxylation is 1. The van der Waals surface area contributed by atoms with E-state index in [9.17, 15) is 9.59 Å². The summed E-state index contributed by atoms with van der Waals surface area (Å²) >= 11 is 12.2. The highest BCUT2D eigenvalue weighted by Gasteiger charge is 2.21. The van der Waals surface area contributed by atoms with Crippen LogP contribution in [0, 0.1) is 13.8 Å². The highest BCUT2D eigenvalue weighted by Crippen LogP contribution is 2.26. The molecule has 0 amide bonds. The van der Waals surface area contributed by atoms with Crippen molar-refractivity contribution < 1.29 is 23.8 Å². The number of hydrogen-bond donors (Lipinski definition) is 0. The van der Waals surface area contributed by atoms with Crippen LogP contribution in [0.2, 0.25) is 10.0 Å². The second kappa shape index (κ2) is 8.06. The Bertz CT molecular complexity index is 912. The fourth-order valence-corrected chi connectivity index (χ4v) is 3.38. The second-order valence-electron chi connectivity index (χ2n) is 5.95. The standard InChI is InChI=1S/C19H17Cl2NO5/c1-11-5-16(12(2)22(11)15-7-13(20)6-14(21)8-15)17(23)9-27-19(24)18-10-25-3-4-26-18/h5-8,10H,3-4,9H2,1-2H3. The maximum Gasteiger partial charge on any atom is 0.377 e. The van der Waals surface area contributed by atoms with Crippen molar-refractivity contribution in [1.29, 1.82) is 0 Å². The Morgan fingerprint density at radius 1 is 1.11 bits per heavy atom. The van der Waals surface area contributed by atoms with Crippen molar-refractivity contribution in [3.8, 4) is 5.69 Å². The van der Waals surface area contributed by atoms with Gasteiger partial charge in [-0.25, -0.2) is 4.79 Å². The van der Waals surface area contributed by atoms with Gasteiger partial charge in [0.15, 0.2) is 6.61 Å². The monoisotopic (exact) mass is 409 g/mol. The number of ether oxygens (including phenoxy) is 3. The lowest BCUT2D eigenvalue weighted by molar-refractivity contribution is -0.143. The minimum Gasteiger partial charge on any atom is -0.493 e. The van der Waals surface area contributed by atoms with Crippen molar-refractivity contribution in [1.82, 2.24) is 4.57 Å². The molecule has 0 saturated heterocycles. The van der Waals surface area contributed by atoms with Crippen LogP contribution in [0.25, 0.3) is 5.69 Å². The van der Waals surface area contributed by atoms with Crippen LogP contribution in [0.3, 0.4) is 0 Å². The van der Waals surface area contributed by atoms with Gasteiger partial charge in [0.2, 0.25) is 11.5 Å². The maximum absolute atomic E-state index is 12.5. The SMILES string of the molecule is Cc1cc(C(=O)COC(=O)C2=COCCO2)c(C)n1-c1cc(Cl)cc(Cl)c1. The molecule has 1 aromatic carbocycles. The third-order valence-corrected chi connectivity index (χ3v) is 4.46. The van der Waals surface area contributed by atoms with Gasteiger partial charge in [-0.3, -0.25) is 4.79 Å².